The minimum Gasteiger partial charge on any atom is -0.372 e. The molecule has 0 bridgehead atoms. The van der Waals surface area contributed by atoms with E-state index in [2.05, 4.69) is 30.9 Å². The monoisotopic (exact) mass is 304 g/mol. The molecule has 0 unspecified atom stereocenters. The van der Waals surface area contributed by atoms with Crippen LogP contribution in [0.2, 0.25) is 0 Å². The lowest BCUT2D eigenvalue weighted by Crippen LogP contribution is -2.21. The number of nitrogens with zero attached hydrogens (tertiary/aromatic N) is 2. The third-order valence-corrected chi connectivity index (χ3v) is 3.73. The summed E-state index contributed by atoms with van der Waals surface area (Å²) in [5, 5.41) is 8.88. The van der Waals surface area contributed by atoms with Gasteiger partial charge in [0.1, 0.15) is 0 Å². The highest BCUT2D eigenvalue weighted by Crippen LogP contribution is 2.16. The molecular weight excluding hydrogens is 284 g/mol. The van der Waals surface area contributed by atoms with Gasteiger partial charge < -0.3 is 4.90 Å². The van der Waals surface area contributed by atoms with Gasteiger partial charge in [0.15, 0.2) is 5.78 Å². The fourth-order valence-electron chi connectivity index (χ4n) is 2.40. The number of benzene rings is 2. The van der Waals surface area contributed by atoms with Gasteiger partial charge in [0, 0.05) is 24.3 Å². The van der Waals surface area contributed by atoms with Gasteiger partial charge in [-0.3, -0.25) is 4.79 Å². The van der Waals surface area contributed by atoms with Gasteiger partial charge in [-0.05, 0) is 49.8 Å². The van der Waals surface area contributed by atoms with Crippen LogP contribution < -0.4 is 4.90 Å². The van der Waals surface area contributed by atoms with Crippen molar-refractivity contribution in [3.05, 3.63) is 71.3 Å². The van der Waals surface area contributed by atoms with Crippen molar-refractivity contribution in [1.29, 1.82) is 5.26 Å². The van der Waals surface area contributed by atoms with Gasteiger partial charge in [0.25, 0.3) is 0 Å². The SMILES string of the molecule is CCN(CC)c1ccc(/C=C/C(=O)c2cccc(C#N)c2)cc1. The summed E-state index contributed by atoms with van der Waals surface area (Å²) in [5.74, 6) is -0.102. The number of hydrogen-bond donors (Lipinski definition) is 0. The molecule has 0 N–H and O–H groups in total. The minimum atomic E-state index is -0.102. The molecule has 0 radical (unpaired) electrons. The summed E-state index contributed by atoms with van der Waals surface area (Å²) in [7, 11) is 0. The first-order chi connectivity index (χ1) is 11.2. The number of rotatable bonds is 6. The zero-order valence-corrected chi connectivity index (χ0v) is 13.5. The highest BCUT2D eigenvalue weighted by atomic mass is 16.1. The summed E-state index contributed by atoms with van der Waals surface area (Å²) < 4.78 is 0. The Hall–Kier alpha value is -2.86. The second kappa shape index (κ2) is 7.95. The molecule has 0 heterocycles. The van der Waals surface area contributed by atoms with E-state index < -0.39 is 0 Å². The summed E-state index contributed by atoms with van der Waals surface area (Å²) >= 11 is 0. The van der Waals surface area contributed by atoms with E-state index in [1.807, 2.05) is 18.2 Å². The molecule has 3 heteroatoms. The molecular formula is C20H20N2O. The first kappa shape index (κ1) is 16.5. The summed E-state index contributed by atoms with van der Waals surface area (Å²) in [6.45, 7) is 6.20. The van der Waals surface area contributed by atoms with Crippen LogP contribution in [0.3, 0.4) is 0 Å². The van der Waals surface area contributed by atoms with E-state index in [-0.39, 0.29) is 5.78 Å². The Balaban J connectivity index is 2.10. The second-order valence-electron chi connectivity index (χ2n) is 5.15. The van der Waals surface area contributed by atoms with Crippen LogP contribution in [0, 0.1) is 11.3 Å². The van der Waals surface area contributed by atoms with Gasteiger partial charge >= 0.3 is 0 Å². The summed E-state index contributed by atoms with van der Waals surface area (Å²) in [5.41, 5.74) is 3.18. The van der Waals surface area contributed by atoms with E-state index in [1.54, 1.807) is 36.4 Å². The molecule has 3 nitrogen and oxygen atoms in total. The largest absolute Gasteiger partial charge is 0.372 e. The number of carbonyl (C=O) groups excluding carboxylic acids is 1. The highest BCUT2D eigenvalue weighted by Gasteiger charge is 2.03. The van der Waals surface area contributed by atoms with Gasteiger partial charge in [0.2, 0.25) is 0 Å². The topological polar surface area (TPSA) is 44.1 Å². The number of anilines is 1. The summed E-state index contributed by atoms with van der Waals surface area (Å²) in [6, 6.07) is 16.9. The highest BCUT2D eigenvalue weighted by molar-refractivity contribution is 6.07. The maximum absolute atomic E-state index is 12.1. The molecule has 116 valence electrons. The molecule has 0 saturated carbocycles. The maximum Gasteiger partial charge on any atom is 0.185 e. The van der Waals surface area contributed by atoms with Crippen LogP contribution in [-0.2, 0) is 0 Å². The Morgan fingerprint density at radius 1 is 1.13 bits per heavy atom. The predicted molar refractivity (Wildman–Crippen MR) is 94.5 cm³/mol. The third kappa shape index (κ3) is 4.31. The van der Waals surface area contributed by atoms with E-state index in [9.17, 15) is 4.79 Å². The molecule has 0 aliphatic heterocycles. The molecule has 0 saturated heterocycles. The van der Waals surface area contributed by atoms with Crippen molar-refractivity contribution in [2.24, 2.45) is 0 Å². The van der Waals surface area contributed by atoms with Crippen LogP contribution in [0.15, 0.2) is 54.6 Å². The van der Waals surface area contributed by atoms with E-state index in [0.717, 1.165) is 18.7 Å². The van der Waals surface area contributed by atoms with Gasteiger partial charge in [-0.2, -0.15) is 5.26 Å². The van der Waals surface area contributed by atoms with Crippen molar-refractivity contribution < 1.29 is 4.79 Å². The Morgan fingerprint density at radius 2 is 1.83 bits per heavy atom. The molecule has 2 rings (SSSR count). The maximum atomic E-state index is 12.1. The van der Waals surface area contributed by atoms with E-state index in [1.165, 1.54) is 5.69 Å². The van der Waals surface area contributed by atoms with Crippen LogP contribution >= 0.6 is 0 Å². The first-order valence-electron chi connectivity index (χ1n) is 7.75. The molecule has 0 aliphatic rings. The van der Waals surface area contributed by atoms with Crippen LogP contribution in [0.25, 0.3) is 6.08 Å². The van der Waals surface area contributed by atoms with Crippen molar-refractivity contribution in [2.75, 3.05) is 18.0 Å². The molecule has 0 spiro atoms. The van der Waals surface area contributed by atoms with Gasteiger partial charge in [0.05, 0.1) is 11.6 Å². The molecule has 23 heavy (non-hydrogen) atoms. The van der Waals surface area contributed by atoms with Crippen molar-refractivity contribution in [1.82, 2.24) is 0 Å². The van der Waals surface area contributed by atoms with Crippen LogP contribution in [0.4, 0.5) is 5.69 Å². The Bertz CT molecular complexity index is 735. The number of hydrogen-bond acceptors (Lipinski definition) is 3. The van der Waals surface area contributed by atoms with Crippen LogP contribution in [0.5, 0.6) is 0 Å². The normalized spacial score (nSPS) is 10.5. The third-order valence-electron chi connectivity index (χ3n) is 3.73. The van der Waals surface area contributed by atoms with Crippen molar-refractivity contribution in [3.8, 4) is 6.07 Å². The number of carbonyl (C=O) groups is 1. The Labute approximate surface area is 137 Å². The molecule has 0 atom stereocenters. The van der Waals surface area contributed by atoms with Gasteiger partial charge in [-0.15, -0.1) is 0 Å². The predicted octanol–water partition coefficient (Wildman–Crippen LogP) is 4.30. The van der Waals surface area contributed by atoms with Crippen LogP contribution in [-0.4, -0.2) is 18.9 Å². The van der Waals surface area contributed by atoms with Gasteiger partial charge in [-0.1, -0.05) is 30.3 Å². The van der Waals surface area contributed by atoms with E-state index >= 15 is 0 Å². The average molecular weight is 304 g/mol. The standard InChI is InChI=1S/C20H20N2O/c1-3-22(4-2)19-11-8-16(9-12-19)10-13-20(23)18-7-5-6-17(14-18)15-21/h5-14H,3-4H2,1-2H3/b13-10+. The fraction of sp³-hybridized carbons (Fsp3) is 0.200. The smallest absolute Gasteiger partial charge is 0.185 e. The number of ketones is 1. The molecule has 2 aromatic rings. The number of nitriles is 1. The first-order valence-corrected chi connectivity index (χ1v) is 7.75. The minimum absolute atomic E-state index is 0.102. The molecule has 2 aromatic carbocycles. The molecule has 0 aliphatic carbocycles. The Morgan fingerprint density at radius 3 is 2.43 bits per heavy atom. The molecule has 0 fully saturated rings. The second-order valence-corrected chi connectivity index (χ2v) is 5.15. The van der Waals surface area contributed by atoms with Gasteiger partial charge in [-0.25, -0.2) is 0 Å². The lowest BCUT2D eigenvalue weighted by Gasteiger charge is -2.20. The van der Waals surface area contributed by atoms with Crippen molar-refractivity contribution >= 4 is 17.5 Å². The lowest BCUT2D eigenvalue weighted by atomic mass is 10.1. The van der Waals surface area contributed by atoms with E-state index in [0.29, 0.717) is 11.1 Å². The number of allylic oxidation sites excluding steroid dienone is 1. The zero-order chi connectivity index (χ0) is 16.7. The quantitative estimate of drug-likeness (QED) is 0.590. The molecule has 0 aromatic heterocycles. The van der Waals surface area contributed by atoms with E-state index in [4.69, 9.17) is 5.26 Å². The van der Waals surface area contributed by atoms with Crippen LogP contribution in [0.1, 0.15) is 35.3 Å². The summed E-state index contributed by atoms with van der Waals surface area (Å²) in [4.78, 5) is 14.4. The van der Waals surface area contributed by atoms with Crippen molar-refractivity contribution in [3.63, 3.8) is 0 Å². The summed E-state index contributed by atoms with van der Waals surface area (Å²) in [6.07, 6.45) is 3.34. The molecule has 0 amide bonds. The Kier molecular flexibility index (Phi) is 5.71. The average Bonchev–Trinajstić information content (AvgIpc) is 2.61. The fourth-order valence-corrected chi connectivity index (χ4v) is 2.40. The van der Waals surface area contributed by atoms with Crippen molar-refractivity contribution in [2.45, 2.75) is 13.8 Å². The zero-order valence-electron chi connectivity index (χ0n) is 13.5. The lowest BCUT2D eigenvalue weighted by molar-refractivity contribution is 0.104.